The van der Waals surface area contributed by atoms with Gasteiger partial charge in [0.05, 0.1) is 37.5 Å². The lowest BCUT2D eigenvalue weighted by molar-refractivity contribution is -0.144. The van der Waals surface area contributed by atoms with Crippen LogP contribution in [0.15, 0.2) is 53.6 Å². The number of carbonyl (C=O) groups is 3. The molecule has 190 valence electrons. The second-order valence-corrected chi connectivity index (χ2v) is 8.35. The molecule has 1 unspecified atom stereocenters. The lowest BCUT2D eigenvalue weighted by atomic mass is 10.0. The van der Waals surface area contributed by atoms with Gasteiger partial charge >= 0.3 is 12.0 Å². The van der Waals surface area contributed by atoms with Gasteiger partial charge in [-0.25, -0.2) is 14.6 Å². The van der Waals surface area contributed by atoms with Gasteiger partial charge in [-0.1, -0.05) is 19.9 Å². The van der Waals surface area contributed by atoms with Crippen molar-refractivity contribution in [1.29, 1.82) is 0 Å². The largest absolute Gasteiger partial charge is 0.467 e. The quantitative estimate of drug-likeness (QED) is 0.388. The van der Waals surface area contributed by atoms with Gasteiger partial charge in [0.15, 0.2) is 0 Å². The molecule has 0 saturated heterocycles. The number of urea groups is 1. The minimum atomic E-state index is -0.802. The number of carbonyl (C=O) groups excluding carboxylic acids is 3. The number of hydrogen-bond acceptors (Lipinski definition) is 7. The summed E-state index contributed by atoms with van der Waals surface area (Å²) in [5.74, 6) is -1.19. The average molecular weight is 496 g/mol. The first-order valence-corrected chi connectivity index (χ1v) is 11.3. The number of benzene rings is 2. The van der Waals surface area contributed by atoms with Gasteiger partial charge in [0.1, 0.15) is 6.04 Å². The Labute approximate surface area is 207 Å². The molecule has 3 aromatic rings. The van der Waals surface area contributed by atoms with Crippen molar-refractivity contribution in [2.75, 3.05) is 31.5 Å². The molecule has 2 aromatic carbocycles. The third kappa shape index (κ3) is 6.45. The number of aromatic nitrogens is 2. The molecule has 0 saturated carbocycles. The number of esters is 1. The molecule has 1 atom stereocenters. The fourth-order valence-electron chi connectivity index (χ4n) is 3.47. The summed E-state index contributed by atoms with van der Waals surface area (Å²) in [6, 6.07) is 9.75. The molecular weight excluding hydrogens is 466 g/mol. The molecular formula is C25H29N5O6. The fourth-order valence-corrected chi connectivity index (χ4v) is 3.47. The van der Waals surface area contributed by atoms with Crippen molar-refractivity contribution in [3.05, 3.63) is 64.7 Å². The van der Waals surface area contributed by atoms with Crippen LogP contribution in [0.25, 0.3) is 10.9 Å². The Morgan fingerprint density at radius 1 is 1.03 bits per heavy atom. The summed E-state index contributed by atoms with van der Waals surface area (Å²) in [4.78, 5) is 54.2. The summed E-state index contributed by atoms with van der Waals surface area (Å²) < 4.78 is 11.2. The van der Waals surface area contributed by atoms with E-state index in [0.29, 0.717) is 35.4 Å². The molecule has 3 amide bonds. The van der Waals surface area contributed by atoms with Crippen LogP contribution in [0, 0.1) is 5.92 Å². The number of nitrogens with one attached hydrogen (secondary N) is 3. The Bertz CT molecular complexity index is 1320. The van der Waals surface area contributed by atoms with Crippen molar-refractivity contribution in [3.8, 4) is 0 Å². The van der Waals surface area contributed by atoms with Crippen LogP contribution >= 0.6 is 0 Å². The lowest BCUT2D eigenvalue weighted by Gasteiger charge is -2.20. The van der Waals surface area contributed by atoms with Crippen molar-refractivity contribution < 1.29 is 23.9 Å². The highest BCUT2D eigenvalue weighted by molar-refractivity contribution is 6.02. The Morgan fingerprint density at radius 3 is 2.42 bits per heavy atom. The third-order valence-corrected chi connectivity index (χ3v) is 5.41. The molecule has 0 aliphatic rings. The minimum Gasteiger partial charge on any atom is -0.467 e. The number of nitrogens with zero attached hydrogens (tertiary/aromatic N) is 2. The molecule has 3 N–H and O–H groups in total. The molecule has 1 heterocycles. The molecule has 36 heavy (non-hydrogen) atoms. The molecule has 0 aliphatic heterocycles. The first-order chi connectivity index (χ1) is 17.2. The van der Waals surface area contributed by atoms with E-state index in [1.165, 1.54) is 24.1 Å². The van der Waals surface area contributed by atoms with Crippen molar-refractivity contribution >= 4 is 40.2 Å². The lowest BCUT2D eigenvalue weighted by Crippen LogP contribution is -2.45. The second kappa shape index (κ2) is 11.9. The number of amides is 3. The van der Waals surface area contributed by atoms with Gasteiger partial charge in [-0.05, 0) is 42.3 Å². The van der Waals surface area contributed by atoms with Crippen LogP contribution in [0.2, 0.25) is 0 Å². The zero-order chi connectivity index (χ0) is 26.2. The van der Waals surface area contributed by atoms with E-state index in [9.17, 15) is 19.2 Å². The average Bonchev–Trinajstić information content (AvgIpc) is 2.86. The van der Waals surface area contributed by atoms with E-state index in [-0.39, 0.29) is 17.0 Å². The van der Waals surface area contributed by atoms with E-state index in [0.717, 1.165) is 0 Å². The summed E-state index contributed by atoms with van der Waals surface area (Å²) in [5.41, 5.74) is 1.28. The van der Waals surface area contributed by atoms with Gasteiger partial charge in [-0.15, -0.1) is 0 Å². The van der Waals surface area contributed by atoms with Crippen LogP contribution in [-0.2, 0) is 20.8 Å². The first-order valence-electron chi connectivity index (χ1n) is 11.3. The summed E-state index contributed by atoms with van der Waals surface area (Å²) in [6.07, 6.45) is 1.46. The Hall–Kier alpha value is -4.25. The number of hydrogen-bond donors (Lipinski definition) is 3. The predicted molar refractivity (Wildman–Crippen MR) is 135 cm³/mol. The van der Waals surface area contributed by atoms with E-state index < -0.39 is 23.9 Å². The summed E-state index contributed by atoms with van der Waals surface area (Å²) >= 11 is 0. The molecule has 0 spiro atoms. The Balaban J connectivity index is 1.71. The summed E-state index contributed by atoms with van der Waals surface area (Å²) in [6.45, 7) is 4.31. The highest BCUT2D eigenvalue weighted by Gasteiger charge is 2.25. The van der Waals surface area contributed by atoms with Crippen LogP contribution in [0.1, 0.15) is 24.2 Å². The van der Waals surface area contributed by atoms with Gasteiger partial charge in [0.2, 0.25) is 0 Å². The van der Waals surface area contributed by atoms with E-state index in [1.54, 1.807) is 57.4 Å². The highest BCUT2D eigenvalue weighted by Crippen LogP contribution is 2.16. The standard InChI is InChI=1S/C25H29N5O6/c1-15(2)21(24(33)36-4)29-22(31)16-6-5-7-17(12-16)27-25(34)28-18-8-9-20-19(13-18)23(32)30(14-26-20)10-11-35-3/h5-9,12-15,21H,10-11H2,1-4H3,(H,29,31)(H2,27,28,34). The monoisotopic (exact) mass is 495 g/mol. The molecule has 0 bridgehead atoms. The Morgan fingerprint density at radius 2 is 1.75 bits per heavy atom. The van der Waals surface area contributed by atoms with Gasteiger partial charge in [-0.2, -0.15) is 0 Å². The number of methoxy groups -OCH3 is 2. The van der Waals surface area contributed by atoms with E-state index in [4.69, 9.17) is 9.47 Å². The maximum atomic E-state index is 12.7. The maximum Gasteiger partial charge on any atom is 0.328 e. The normalized spacial score (nSPS) is 11.7. The van der Waals surface area contributed by atoms with Gasteiger partial charge in [-0.3, -0.25) is 14.2 Å². The third-order valence-electron chi connectivity index (χ3n) is 5.41. The zero-order valence-corrected chi connectivity index (χ0v) is 20.5. The van der Waals surface area contributed by atoms with Crippen molar-refractivity contribution in [1.82, 2.24) is 14.9 Å². The van der Waals surface area contributed by atoms with Gasteiger partial charge < -0.3 is 25.4 Å². The van der Waals surface area contributed by atoms with Crippen molar-refractivity contribution in [2.45, 2.75) is 26.4 Å². The predicted octanol–water partition coefficient (Wildman–Crippen LogP) is 2.61. The summed E-state index contributed by atoms with van der Waals surface area (Å²) in [7, 11) is 2.81. The second-order valence-electron chi connectivity index (χ2n) is 8.35. The van der Waals surface area contributed by atoms with Gasteiger partial charge in [0, 0.05) is 24.0 Å². The smallest absolute Gasteiger partial charge is 0.328 e. The molecule has 0 radical (unpaired) electrons. The zero-order valence-electron chi connectivity index (χ0n) is 20.5. The van der Waals surface area contributed by atoms with E-state index in [2.05, 4.69) is 20.9 Å². The number of anilines is 2. The molecule has 11 nitrogen and oxygen atoms in total. The first kappa shape index (κ1) is 26.4. The molecule has 1 aromatic heterocycles. The van der Waals surface area contributed by atoms with E-state index >= 15 is 0 Å². The Kier molecular flexibility index (Phi) is 8.74. The molecule has 0 fully saturated rings. The fraction of sp³-hybridized carbons (Fsp3) is 0.320. The van der Waals surface area contributed by atoms with Crippen LogP contribution in [0.5, 0.6) is 0 Å². The minimum absolute atomic E-state index is 0.172. The van der Waals surface area contributed by atoms with Crippen molar-refractivity contribution in [3.63, 3.8) is 0 Å². The number of fused-ring (bicyclic) bond motifs is 1. The number of rotatable bonds is 9. The van der Waals surface area contributed by atoms with Crippen LogP contribution in [0.4, 0.5) is 16.2 Å². The molecule has 3 rings (SSSR count). The molecule has 0 aliphatic carbocycles. The van der Waals surface area contributed by atoms with Crippen LogP contribution in [0.3, 0.4) is 0 Å². The molecule has 11 heteroatoms. The van der Waals surface area contributed by atoms with E-state index in [1.807, 2.05) is 0 Å². The highest BCUT2D eigenvalue weighted by atomic mass is 16.5. The topological polar surface area (TPSA) is 141 Å². The van der Waals surface area contributed by atoms with Crippen LogP contribution < -0.4 is 21.5 Å². The van der Waals surface area contributed by atoms with Crippen LogP contribution in [-0.4, -0.2) is 54.3 Å². The van der Waals surface area contributed by atoms with Gasteiger partial charge in [0.25, 0.3) is 11.5 Å². The maximum absolute atomic E-state index is 12.7. The SMILES string of the molecule is COCCn1cnc2ccc(NC(=O)Nc3cccc(C(=O)NC(C(=O)OC)C(C)C)c3)cc2c1=O. The van der Waals surface area contributed by atoms with Crippen molar-refractivity contribution in [2.24, 2.45) is 5.92 Å². The summed E-state index contributed by atoms with van der Waals surface area (Å²) in [5, 5.41) is 8.35. The number of ether oxygens (including phenoxy) is 2.